The van der Waals surface area contributed by atoms with Crippen molar-refractivity contribution in [2.45, 2.75) is 35.4 Å². The summed E-state index contributed by atoms with van der Waals surface area (Å²) in [6, 6.07) is 4.21. The zero-order valence-corrected chi connectivity index (χ0v) is 16.0. The van der Waals surface area contributed by atoms with Gasteiger partial charge in [-0.15, -0.1) is 11.8 Å². The van der Waals surface area contributed by atoms with Crippen LogP contribution in [-0.4, -0.2) is 56.0 Å². The van der Waals surface area contributed by atoms with E-state index in [1.54, 1.807) is 26.0 Å². The van der Waals surface area contributed by atoms with E-state index in [0.29, 0.717) is 6.61 Å². The Morgan fingerprint density at radius 2 is 2.08 bits per heavy atom. The van der Waals surface area contributed by atoms with Crippen LogP contribution in [0.15, 0.2) is 17.0 Å². The van der Waals surface area contributed by atoms with Gasteiger partial charge in [-0.1, -0.05) is 11.8 Å². The predicted octanol–water partition coefficient (Wildman–Crippen LogP) is 4.14. The third-order valence-corrected chi connectivity index (χ3v) is 6.00. The van der Waals surface area contributed by atoms with Crippen LogP contribution in [0.1, 0.15) is 17.5 Å². The van der Waals surface area contributed by atoms with Crippen molar-refractivity contribution in [3.05, 3.63) is 23.3 Å². The van der Waals surface area contributed by atoms with Crippen molar-refractivity contribution in [3.8, 4) is 5.75 Å². The second kappa shape index (κ2) is 9.85. The van der Waals surface area contributed by atoms with E-state index >= 15 is 0 Å². The number of likely N-dealkylation sites (tertiary alicyclic amines) is 1. The van der Waals surface area contributed by atoms with Gasteiger partial charge in [0.2, 0.25) is 0 Å². The zero-order valence-electron chi connectivity index (χ0n) is 14.4. The lowest BCUT2D eigenvalue weighted by atomic mass is 10.1. The fourth-order valence-corrected chi connectivity index (χ4v) is 4.54. The Kier molecular flexibility index (Phi) is 8.13. The first kappa shape index (κ1) is 19.8. The minimum absolute atomic E-state index is 0.0589. The Hall–Kier alpha value is -0.500. The second-order valence-electron chi connectivity index (χ2n) is 5.77. The molecule has 1 atom stereocenters. The van der Waals surface area contributed by atoms with Gasteiger partial charge in [-0.25, -0.2) is 0 Å². The quantitative estimate of drug-likeness (QED) is 0.602. The molecule has 0 bridgehead atoms. The van der Waals surface area contributed by atoms with Crippen molar-refractivity contribution in [3.63, 3.8) is 0 Å². The molecule has 7 heteroatoms. The fraction of sp³-hybridized carbons (Fsp3) is 0.647. The van der Waals surface area contributed by atoms with Crippen LogP contribution in [0.25, 0.3) is 0 Å². The van der Waals surface area contributed by atoms with Crippen LogP contribution in [0.3, 0.4) is 0 Å². The lowest BCUT2D eigenvalue weighted by Gasteiger charge is -2.18. The largest absolute Gasteiger partial charge is 0.496 e. The number of hydrogen-bond acceptors (Lipinski definition) is 5. The summed E-state index contributed by atoms with van der Waals surface area (Å²) in [5, 5.41) is 0.0589. The SMILES string of the molecule is COCc1cc(SC)c(CCN2CCC(SC(F)F)C2)cc1OC. The first-order valence-corrected chi connectivity index (χ1v) is 10.1. The van der Waals surface area contributed by atoms with E-state index in [2.05, 4.69) is 23.3 Å². The van der Waals surface area contributed by atoms with E-state index < -0.39 is 5.76 Å². The first-order valence-electron chi connectivity index (χ1n) is 7.96. The van der Waals surface area contributed by atoms with Crippen LogP contribution in [0.2, 0.25) is 0 Å². The van der Waals surface area contributed by atoms with E-state index in [4.69, 9.17) is 9.47 Å². The average Bonchev–Trinajstić information content (AvgIpc) is 3.00. The second-order valence-corrected chi connectivity index (χ2v) is 7.91. The van der Waals surface area contributed by atoms with Gasteiger partial charge in [0, 0.05) is 35.9 Å². The van der Waals surface area contributed by atoms with E-state index in [1.807, 2.05) is 0 Å². The number of methoxy groups -OCH3 is 2. The molecule has 1 unspecified atom stereocenters. The minimum atomic E-state index is -2.27. The molecule has 0 N–H and O–H groups in total. The van der Waals surface area contributed by atoms with Crippen LogP contribution in [-0.2, 0) is 17.8 Å². The molecule has 24 heavy (non-hydrogen) atoms. The lowest BCUT2D eigenvalue weighted by Crippen LogP contribution is -2.24. The standard InChI is InChI=1S/C17H25F2NO2S2/c1-21-11-13-9-16(23-3)12(8-15(13)22-2)4-6-20-7-5-14(10-20)24-17(18)19/h8-9,14,17H,4-7,10-11H2,1-3H3. The normalized spacial score (nSPS) is 18.5. The topological polar surface area (TPSA) is 21.7 Å². The first-order chi connectivity index (χ1) is 11.6. The molecule has 0 aromatic heterocycles. The van der Waals surface area contributed by atoms with Gasteiger partial charge in [0.05, 0.1) is 13.7 Å². The summed E-state index contributed by atoms with van der Waals surface area (Å²) in [4.78, 5) is 3.50. The number of hydrogen-bond donors (Lipinski definition) is 0. The predicted molar refractivity (Wildman–Crippen MR) is 97.6 cm³/mol. The van der Waals surface area contributed by atoms with Crippen molar-refractivity contribution in [1.29, 1.82) is 0 Å². The molecule has 2 rings (SSSR count). The molecule has 0 spiro atoms. The maximum atomic E-state index is 12.5. The minimum Gasteiger partial charge on any atom is -0.496 e. The number of ether oxygens (including phenoxy) is 2. The molecular weight excluding hydrogens is 352 g/mol. The summed E-state index contributed by atoms with van der Waals surface area (Å²) in [7, 11) is 3.34. The van der Waals surface area contributed by atoms with Crippen molar-refractivity contribution in [2.24, 2.45) is 0 Å². The summed E-state index contributed by atoms with van der Waals surface area (Å²) in [6.07, 6.45) is 3.80. The van der Waals surface area contributed by atoms with E-state index in [0.717, 1.165) is 55.6 Å². The molecular formula is C17H25F2NO2S2. The Labute approximate surface area is 151 Å². The number of rotatable bonds is 9. The summed E-state index contributed by atoms with van der Waals surface area (Å²) < 4.78 is 35.6. The van der Waals surface area contributed by atoms with E-state index in [-0.39, 0.29) is 5.25 Å². The van der Waals surface area contributed by atoms with Gasteiger partial charge in [0.1, 0.15) is 5.75 Å². The van der Waals surface area contributed by atoms with Gasteiger partial charge in [-0.2, -0.15) is 8.78 Å². The van der Waals surface area contributed by atoms with Crippen LogP contribution in [0.4, 0.5) is 8.78 Å². The van der Waals surface area contributed by atoms with Gasteiger partial charge in [0.15, 0.2) is 0 Å². The number of nitrogens with zero attached hydrogens (tertiary/aromatic N) is 1. The monoisotopic (exact) mass is 377 g/mol. The molecule has 0 saturated carbocycles. The molecule has 1 heterocycles. The lowest BCUT2D eigenvalue weighted by molar-refractivity contribution is 0.181. The molecule has 1 aromatic rings. The van der Waals surface area contributed by atoms with Crippen molar-refractivity contribution < 1.29 is 18.3 Å². The summed E-state index contributed by atoms with van der Waals surface area (Å²) >= 11 is 2.51. The number of benzene rings is 1. The van der Waals surface area contributed by atoms with E-state index in [1.165, 1.54) is 10.5 Å². The molecule has 1 aliphatic rings. The highest BCUT2D eigenvalue weighted by molar-refractivity contribution is 8.00. The highest BCUT2D eigenvalue weighted by atomic mass is 32.2. The Balaban J connectivity index is 1.99. The summed E-state index contributed by atoms with van der Waals surface area (Å²) in [6.45, 7) is 3.07. The van der Waals surface area contributed by atoms with Gasteiger partial charge < -0.3 is 14.4 Å². The molecule has 3 nitrogen and oxygen atoms in total. The highest BCUT2D eigenvalue weighted by Gasteiger charge is 2.25. The smallest absolute Gasteiger partial charge is 0.284 e. The molecule has 0 aliphatic carbocycles. The van der Waals surface area contributed by atoms with Crippen LogP contribution in [0, 0.1) is 0 Å². The third-order valence-electron chi connectivity index (χ3n) is 4.21. The van der Waals surface area contributed by atoms with Crippen LogP contribution < -0.4 is 4.74 Å². The van der Waals surface area contributed by atoms with Crippen LogP contribution in [0.5, 0.6) is 5.75 Å². The highest BCUT2D eigenvalue weighted by Crippen LogP contribution is 2.31. The molecule has 136 valence electrons. The molecule has 1 aromatic carbocycles. The van der Waals surface area contributed by atoms with Crippen LogP contribution >= 0.6 is 23.5 Å². The van der Waals surface area contributed by atoms with Gasteiger partial charge in [-0.05, 0) is 43.3 Å². The molecule has 1 fully saturated rings. The maximum Gasteiger partial charge on any atom is 0.284 e. The van der Waals surface area contributed by atoms with Crippen molar-refractivity contribution >= 4 is 23.5 Å². The summed E-state index contributed by atoms with van der Waals surface area (Å²) in [5.74, 6) is -1.42. The Morgan fingerprint density at radius 1 is 1.29 bits per heavy atom. The fourth-order valence-electron chi connectivity index (χ4n) is 3.02. The van der Waals surface area contributed by atoms with Gasteiger partial charge in [-0.3, -0.25) is 0 Å². The van der Waals surface area contributed by atoms with E-state index in [9.17, 15) is 8.78 Å². The average molecular weight is 378 g/mol. The molecule has 1 aliphatic heterocycles. The van der Waals surface area contributed by atoms with Crippen molar-refractivity contribution in [1.82, 2.24) is 4.90 Å². The maximum absolute atomic E-state index is 12.5. The zero-order chi connectivity index (χ0) is 17.5. The summed E-state index contributed by atoms with van der Waals surface area (Å²) in [5.41, 5.74) is 2.28. The number of thioether (sulfide) groups is 2. The molecule has 1 saturated heterocycles. The number of alkyl halides is 2. The third kappa shape index (κ3) is 5.51. The van der Waals surface area contributed by atoms with Gasteiger partial charge >= 0.3 is 0 Å². The number of halogens is 2. The Morgan fingerprint density at radius 3 is 2.71 bits per heavy atom. The molecule has 0 amide bonds. The molecule has 0 radical (unpaired) electrons. The van der Waals surface area contributed by atoms with Crippen molar-refractivity contribution in [2.75, 3.05) is 40.1 Å². The Bertz CT molecular complexity index is 532. The van der Waals surface area contributed by atoms with Gasteiger partial charge in [0.25, 0.3) is 5.76 Å².